The molecule has 3 amide bonds. The maximum atomic E-state index is 12.1. The van der Waals surface area contributed by atoms with E-state index in [0.717, 1.165) is 44.9 Å². The molecule has 146 valence electrons. The van der Waals surface area contributed by atoms with E-state index in [1.165, 1.54) is 12.8 Å². The highest BCUT2D eigenvalue weighted by molar-refractivity contribution is 14.0. The van der Waals surface area contributed by atoms with Crippen molar-refractivity contribution < 1.29 is 9.59 Å². The summed E-state index contributed by atoms with van der Waals surface area (Å²) in [4.78, 5) is 30.3. The van der Waals surface area contributed by atoms with Crippen LogP contribution >= 0.6 is 24.0 Å². The molecule has 7 nitrogen and oxygen atoms in total. The number of hydrogen-bond acceptors (Lipinski definition) is 3. The SMILES string of the molecule is CN=C(NCC1CC=CCC1)N1CCC(C2(C)NC(=O)NC2=O)CC1.I. The minimum absolute atomic E-state index is 0. The van der Waals surface area contributed by atoms with Crippen molar-refractivity contribution in [2.24, 2.45) is 16.8 Å². The summed E-state index contributed by atoms with van der Waals surface area (Å²) in [5.41, 5.74) is -0.783. The van der Waals surface area contributed by atoms with E-state index < -0.39 is 5.54 Å². The van der Waals surface area contributed by atoms with Gasteiger partial charge in [-0.2, -0.15) is 0 Å². The Bertz CT molecular complexity index is 586. The summed E-state index contributed by atoms with van der Waals surface area (Å²) in [5, 5.41) is 8.68. The first kappa shape index (κ1) is 21.0. The molecule has 0 radical (unpaired) electrons. The number of nitrogens with zero attached hydrogens (tertiary/aromatic N) is 2. The van der Waals surface area contributed by atoms with E-state index in [2.05, 4.69) is 38.0 Å². The number of hydrogen-bond donors (Lipinski definition) is 3. The Morgan fingerprint density at radius 2 is 2.04 bits per heavy atom. The van der Waals surface area contributed by atoms with Gasteiger partial charge in [0, 0.05) is 26.7 Å². The minimum atomic E-state index is -0.783. The second-order valence-electron chi connectivity index (χ2n) is 7.45. The number of urea groups is 1. The predicted molar refractivity (Wildman–Crippen MR) is 113 cm³/mol. The Kier molecular flexibility index (Phi) is 7.31. The van der Waals surface area contributed by atoms with Crippen LogP contribution in [-0.4, -0.2) is 55.0 Å². The van der Waals surface area contributed by atoms with Crippen molar-refractivity contribution in [1.29, 1.82) is 0 Å². The number of piperidine rings is 1. The molecule has 2 unspecified atom stereocenters. The summed E-state index contributed by atoms with van der Waals surface area (Å²) in [7, 11) is 1.82. The summed E-state index contributed by atoms with van der Waals surface area (Å²) in [6.07, 6.45) is 9.78. The van der Waals surface area contributed by atoms with Gasteiger partial charge in [-0.3, -0.25) is 15.1 Å². The molecule has 0 bridgehead atoms. The molecule has 0 aromatic heterocycles. The third-order valence-corrected chi connectivity index (χ3v) is 5.82. The minimum Gasteiger partial charge on any atom is -0.356 e. The van der Waals surface area contributed by atoms with Gasteiger partial charge in [0.1, 0.15) is 5.54 Å². The van der Waals surface area contributed by atoms with E-state index in [4.69, 9.17) is 0 Å². The molecule has 1 aliphatic carbocycles. The van der Waals surface area contributed by atoms with Gasteiger partial charge in [0.25, 0.3) is 5.91 Å². The molecular weight excluding hydrogens is 445 g/mol. The lowest BCUT2D eigenvalue weighted by molar-refractivity contribution is -0.125. The molecule has 3 N–H and O–H groups in total. The van der Waals surface area contributed by atoms with Crippen LogP contribution in [-0.2, 0) is 4.79 Å². The molecule has 0 spiro atoms. The Balaban J connectivity index is 0.00000243. The average Bonchev–Trinajstić information content (AvgIpc) is 2.90. The smallest absolute Gasteiger partial charge is 0.322 e. The lowest BCUT2D eigenvalue weighted by atomic mass is 9.79. The van der Waals surface area contributed by atoms with Gasteiger partial charge in [0.2, 0.25) is 0 Å². The highest BCUT2D eigenvalue weighted by Gasteiger charge is 2.48. The molecule has 0 aromatic rings. The Hall–Kier alpha value is -1.32. The number of guanidine groups is 1. The molecule has 0 aromatic carbocycles. The normalized spacial score (nSPS) is 29.8. The quantitative estimate of drug-likeness (QED) is 0.191. The van der Waals surface area contributed by atoms with Gasteiger partial charge in [-0.05, 0) is 50.9 Å². The molecule has 2 fully saturated rings. The van der Waals surface area contributed by atoms with Gasteiger partial charge in [-0.15, -0.1) is 24.0 Å². The van der Waals surface area contributed by atoms with Crippen LogP contribution in [0.2, 0.25) is 0 Å². The van der Waals surface area contributed by atoms with Gasteiger partial charge in [0.15, 0.2) is 5.96 Å². The number of nitrogens with one attached hydrogen (secondary N) is 3. The summed E-state index contributed by atoms with van der Waals surface area (Å²) in [6.45, 7) is 4.46. The highest BCUT2D eigenvalue weighted by Crippen LogP contribution is 2.30. The zero-order valence-corrected chi connectivity index (χ0v) is 17.9. The first-order valence-corrected chi connectivity index (χ1v) is 9.27. The molecule has 2 atom stereocenters. The molecule has 26 heavy (non-hydrogen) atoms. The fourth-order valence-electron chi connectivity index (χ4n) is 4.12. The third kappa shape index (κ3) is 4.50. The Morgan fingerprint density at radius 3 is 2.58 bits per heavy atom. The van der Waals surface area contributed by atoms with Crippen molar-refractivity contribution in [3.63, 3.8) is 0 Å². The van der Waals surface area contributed by atoms with Crippen molar-refractivity contribution in [2.75, 3.05) is 26.7 Å². The fraction of sp³-hybridized carbons (Fsp3) is 0.722. The number of imide groups is 1. The number of carbonyl (C=O) groups excluding carboxylic acids is 2. The van der Waals surface area contributed by atoms with Crippen LogP contribution in [0.4, 0.5) is 4.79 Å². The number of allylic oxidation sites excluding steroid dienone is 2. The molecular formula is C18H30IN5O2. The van der Waals surface area contributed by atoms with E-state index >= 15 is 0 Å². The number of halogens is 1. The monoisotopic (exact) mass is 475 g/mol. The summed E-state index contributed by atoms with van der Waals surface area (Å²) >= 11 is 0. The average molecular weight is 475 g/mol. The maximum absolute atomic E-state index is 12.1. The Morgan fingerprint density at radius 1 is 1.31 bits per heavy atom. The molecule has 2 aliphatic heterocycles. The van der Waals surface area contributed by atoms with Crippen molar-refractivity contribution in [3.05, 3.63) is 12.2 Å². The number of aliphatic imine (C=N–C) groups is 1. The second kappa shape index (κ2) is 9.05. The number of amides is 3. The lowest BCUT2D eigenvalue weighted by Gasteiger charge is -2.40. The number of likely N-dealkylation sites (tertiary alicyclic amines) is 1. The van der Waals surface area contributed by atoms with Crippen molar-refractivity contribution in [1.82, 2.24) is 20.9 Å². The van der Waals surface area contributed by atoms with Gasteiger partial charge in [0.05, 0.1) is 0 Å². The molecule has 0 saturated carbocycles. The van der Waals surface area contributed by atoms with Crippen LogP contribution in [0.1, 0.15) is 39.0 Å². The lowest BCUT2D eigenvalue weighted by Crippen LogP contribution is -2.55. The van der Waals surface area contributed by atoms with Gasteiger partial charge in [-0.25, -0.2) is 4.79 Å². The van der Waals surface area contributed by atoms with Crippen LogP contribution in [0.3, 0.4) is 0 Å². The molecule has 3 rings (SSSR count). The van der Waals surface area contributed by atoms with E-state index in [1.807, 2.05) is 14.0 Å². The van der Waals surface area contributed by atoms with Gasteiger partial charge < -0.3 is 15.5 Å². The first-order valence-electron chi connectivity index (χ1n) is 9.27. The summed E-state index contributed by atoms with van der Waals surface area (Å²) in [6, 6.07) is -0.381. The van der Waals surface area contributed by atoms with Crippen molar-refractivity contribution >= 4 is 41.9 Å². The van der Waals surface area contributed by atoms with Crippen molar-refractivity contribution in [2.45, 2.75) is 44.6 Å². The second-order valence-corrected chi connectivity index (χ2v) is 7.45. The predicted octanol–water partition coefficient (Wildman–Crippen LogP) is 1.85. The number of rotatable bonds is 3. The van der Waals surface area contributed by atoms with E-state index in [0.29, 0.717) is 5.92 Å². The van der Waals surface area contributed by atoms with E-state index in [1.54, 1.807) is 0 Å². The van der Waals surface area contributed by atoms with E-state index in [-0.39, 0.29) is 41.8 Å². The van der Waals surface area contributed by atoms with Gasteiger partial charge >= 0.3 is 6.03 Å². The Labute approximate surface area is 172 Å². The molecule has 8 heteroatoms. The zero-order valence-electron chi connectivity index (χ0n) is 15.6. The third-order valence-electron chi connectivity index (χ3n) is 5.82. The summed E-state index contributed by atoms with van der Waals surface area (Å²) < 4.78 is 0. The van der Waals surface area contributed by atoms with Crippen LogP contribution in [0.15, 0.2) is 17.1 Å². The standard InChI is InChI=1S/C18H29N5O2.HI/c1-18(15(24)21-17(25)22-18)14-8-10-23(11-9-14)16(19-2)20-12-13-6-4-3-5-7-13;/h3-4,13-14H,5-12H2,1-2H3,(H,19,20)(H2,21,22,24,25);1H. The zero-order chi connectivity index (χ0) is 17.9. The van der Waals surface area contributed by atoms with E-state index in [9.17, 15) is 9.59 Å². The molecule has 3 aliphatic rings. The van der Waals surface area contributed by atoms with Crippen molar-refractivity contribution in [3.8, 4) is 0 Å². The fourth-order valence-corrected chi connectivity index (χ4v) is 4.12. The van der Waals surface area contributed by atoms with Crippen LogP contribution in [0.25, 0.3) is 0 Å². The van der Waals surface area contributed by atoms with Gasteiger partial charge in [-0.1, -0.05) is 12.2 Å². The maximum Gasteiger partial charge on any atom is 0.322 e. The van der Waals surface area contributed by atoms with Crippen LogP contribution in [0, 0.1) is 11.8 Å². The molecule has 2 saturated heterocycles. The first-order chi connectivity index (χ1) is 12.0. The van der Waals surface area contributed by atoms with Crippen LogP contribution in [0.5, 0.6) is 0 Å². The molecule has 2 heterocycles. The highest BCUT2D eigenvalue weighted by atomic mass is 127. The number of carbonyl (C=O) groups is 2. The topological polar surface area (TPSA) is 85.8 Å². The van der Waals surface area contributed by atoms with Crippen LogP contribution < -0.4 is 16.0 Å². The largest absolute Gasteiger partial charge is 0.356 e. The summed E-state index contributed by atoms with van der Waals surface area (Å²) in [5.74, 6) is 1.56.